The molecule has 0 aliphatic rings. The average Bonchev–Trinajstić information content (AvgIpc) is 2.83. The van der Waals surface area contributed by atoms with E-state index in [-0.39, 0.29) is 5.38 Å². The minimum atomic E-state index is -0.105. The van der Waals surface area contributed by atoms with Gasteiger partial charge in [0.15, 0.2) is 0 Å². The van der Waals surface area contributed by atoms with E-state index in [1.165, 1.54) is 11.1 Å². The minimum absolute atomic E-state index is 0.105. The lowest BCUT2D eigenvalue weighted by molar-refractivity contribution is 0.0680. The summed E-state index contributed by atoms with van der Waals surface area (Å²) in [6, 6.07) is 6.18. The Morgan fingerprint density at radius 1 is 1.29 bits per heavy atom. The Balaban J connectivity index is 2.11. The Morgan fingerprint density at radius 2 is 2.10 bits per heavy atom. The third kappa shape index (κ3) is 3.96. The molecule has 0 saturated carbocycles. The number of imidazole rings is 1. The van der Waals surface area contributed by atoms with Crippen molar-refractivity contribution in [1.29, 1.82) is 0 Å². The van der Waals surface area contributed by atoms with Gasteiger partial charge in [-0.15, -0.1) is 11.6 Å². The van der Waals surface area contributed by atoms with Crippen molar-refractivity contribution in [3.63, 3.8) is 0 Å². The van der Waals surface area contributed by atoms with Gasteiger partial charge in [0.05, 0.1) is 29.6 Å². The van der Waals surface area contributed by atoms with Crippen LogP contribution in [0.2, 0.25) is 0 Å². The van der Waals surface area contributed by atoms with Gasteiger partial charge in [0.2, 0.25) is 0 Å². The van der Waals surface area contributed by atoms with Gasteiger partial charge in [0.1, 0.15) is 5.82 Å². The van der Waals surface area contributed by atoms with Crippen molar-refractivity contribution in [2.45, 2.75) is 32.2 Å². The highest BCUT2D eigenvalue weighted by Gasteiger charge is 2.15. The second kappa shape index (κ2) is 7.78. The lowest BCUT2D eigenvalue weighted by Gasteiger charge is -2.12. The fraction of sp³-hybridized carbons (Fsp3) is 0.562. The first kappa shape index (κ1) is 16.3. The molecule has 1 aromatic heterocycles. The number of methoxy groups -OCH3 is 1. The zero-order chi connectivity index (χ0) is 15.2. The number of aryl methyl sites for hydroxylation is 2. The molecule has 0 fully saturated rings. The molecule has 0 N–H and O–H groups in total. The molecular formula is C16H23ClN2O2. The molecule has 1 aromatic carbocycles. The van der Waals surface area contributed by atoms with Crippen LogP contribution < -0.4 is 0 Å². The molecule has 5 heteroatoms. The van der Waals surface area contributed by atoms with Crippen molar-refractivity contribution < 1.29 is 9.47 Å². The topological polar surface area (TPSA) is 36.3 Å². The van der Waals surface area contributed by atoms with Crippen molar-refractivity contribution in [3.05, 3.63) is 29.6 Å². The van der Waals surface area contributed by atoms with E-state index in [0.717, 1.165) is 24.3 Å². The molecule has 116 valence electrons. The summed E-state index contributed by atoms with van der Waals surface area (Å²) in [5.74, 6) is 0.929. The van der Waals surface area contributed by atoms with Crippen LogP contribution in [0, 0.1) is 6.92 Å². The van der Waals surface area contributed by atoms with Gasteiger partial charge in [0, 0.05) is 20.3 Å². The van der Waals surface area contributed by atoms with Gasteiger partial charge in [-0.2, -0.15) is 0 Å². The van der Waals surface area contributed by atoms with Crippen molar-refractivity contribution >= 4 is 22.6 Å². The van der Waals surface area contributed by atoms with Crippen molar-refractivity contribution in [3.8, 4) is 0 Å². The summed E-state index contributed by atoms with van der Waals surface area (Å²) >= 11 is 6.28. The molecule has 2 rings (SSSR count). The zero-order valence-corrected chi connectivity index (χ0v) is 13.7. The van der Waals surface area contributed by atoms with Crippen LogP contribution in [0.4, 0.5) is 0 Å². The predicted molar refractivity (Wildman–Crippen MR) is 86.1 cm³/mol. The number of hydrogen-bond acceptors (Lipinski definition) is 3. The van der Waals surface area contributed by atoms with E-state index in [0.29, 0.717) is 19.8 Å². The second-order valence-electron chi connectivity index (χ2n) is 5.14. The minimum Gasteiger partial charge on any atom is -0.382 e. The van der Waals surface area contributed by atoms with Crippen LogP contribution in [0.1, 0.15) is 30.1 Å². The summed E-state index contributed by atoms with van der Waals surface area (Å²) in [5.41, 5.74) is 3.42. The van der Waals surface area contributed by atoms with E-state index in [9.17, 15) is 0 Å². The van der Waals surface area contributed by atoms with E-state index >= 15 is 0 Å². The number of halogens is 1. The monoisotopic (exact) mass is 310 g/mol. The summed E-state index contributed by atoms with van der Waals surface area (Å²) in [4.78, 5) is 4.67. The van der Waals surface area contributed by atoms with Crippen LogP contribution in [0.3, 0.4) is 0 Å². The maximum absolute atomic E-state index is 6.28. The second-order valence-corrected chi connectivity index (χ2v) is 5.79. The lowest BCUT2D eigenvalue weighted by Crippen LogP contribution is -2.09. The number of benzene rings is 1. The number of hydrogen-bond donors (Lipinski definition) is 0. The van der Waals surface area contributed by atoms with Gasteiger partial charge in [-0.1, -0.05) is 12.1 Å². The first-order valence-corrected chi connectivity index (χ1v) is 7.75. The summed E-state index contributed by atoms with van der Waals surface area (Å²) in [6.45, 7) is 6.92. The van der Waals surface area contributed by atoms with Gasteiger partial charge < -0.3 is 14.0 Å². The van der Waals surface area contributed by atoms with Crippen molar-refractivity contribution in [2.75, 3.05) is 26.9 Å². The van der Waals surface area contributed by atoms with Crippen LogP contribution in [0.25, 0.3) is 11.0 Å². The maximum Gasteiger partial charge on any atom is 0.127 e. The SMILES string of the molecule is COCCOCCCn1c(C(C)Cl)nc2cccc(C)c21. The molecule has 1 unspecified atom stereocenters. The molecule has 0 spiro atoms. The molecule has 1 atom stereocenters. The summed E-state index contributed by atoms with van der Waals surface area (Å²) in [7, 11) is 1.68. The molecular weight excluding hydrogens is 288 g/mol. The number of rotatable bonds is 8. The predicted octanol–water partition coefficient (Wildman–Crippen LogP) is 3.70. The molecule has 2 aromatic rings. The van der Waals surface area contributed by atoms with Gasteiger partial charge in [-0.05, 0) is 31.9 Å². The standard InChI is InChI=1S/C16H23ClN2O2/c1-12-6-4-7-14-15(12)19(16(18-14)13(2)17)8-5-9-21-11-10-20-3/h4,6-7,13H,5,8-11H2,1-3H3. The van der Waals surface area contributed by atoms with E-state index in [4.69, 9.17) is 21.1 Å². The van der Waals surface area contributed by atoms with Crippen LogP contribution in [0.5, 0.6) is 0 Å². The number of alkyl halides is 1. The number of aromatic nitrogens is 2. The molecule has 0 aliphatic heterocycles. The third-order valence-electron chi connectivity index (χ3n) is 3.46. The summed E-state index contributed by atoms with van der Waals surface area (Å²) in [6.07, 6.45) is 0.931. The van der Waals surface area contributed by atoms with E-state index in [1.54, 1.807) is 7.11 Å². The quantitative estimate of drug-likeness (QED) is 0.551. The third-order valence-corrected chi connectivity index (χ3v) is 3.65. The van der Waals surface area contributed by atoms with Gasteiger partial charge >= 0.3 is 0 Å². The highest BCUT2D eigenvalue weighted by Crippen LogP contribution is 2.26. The maximum atomic E-state index is 6.28. The van der Waals surface area contributed by atoms with Gasteiger partial charge in [0.25, 0.3) is 0 Å². The fourth-order valence-corrected chi connectivity index (χ4v) is 2.65. The van der Waals surface area contributed by atoms with Gasteiger partial charge in [-0.3, -0.25) is 0 Å². The Hall–Kier alpha value is -1.10. The zero-order valence-electron chi connectivity index (χ0n) is 12.9. The number of fused-ring (bicyclic) bond motifs is 1. The van der Waals surface area contributed by atoms with Crippen molar-refractivity contribution in [1.82, 2.24) is 9.55 Å². The van der Waals surface area contributed by atoms with Gasteiger partial charge in [-0.25, -0.2) is 4.98 Å². The molecule has 0 saturated heterocycles. The summed E-state index contributed by atoms with van der Waals surface area (Å²) < 4.78 is 12.7. The highest BCUT2D eigenvalue weighted by atomic mass is 35.5. The molecule has 0 aliphatic carbocycles. The Labute approximate surface area is 131 Å². The number of nitrogens with zero attached hydrogens (tertiary/aromatic N) is 2. The molecule has 1 heterocycles. The van der Waals surface area contributed by atoms with E-state index < -0.39 is 0 Å². The first-order chi connectivity index (χ1) is 10.1. The first-order valence-electron chi connectivity index (χ1n) is 7.31. The summed E-state index contributed by atoms with van der Waals surface area (Å²) in [5, 5.41) is -0.105. The Morgan fingerprint density at radius 3 is 2.81 bits per heavy atom. The Kier molecular flexibility index (Phi) is 6.03. The normalized spacial score (nSPS) is 13.0. The van der Waals surface area contributed by atoms with Crippen LogP contribution in [0.15, 0.2) is 18.2 Å². The average molecular weight is 311 g/mol. The Bertz CT molecular complexity index is 581. The number of ether oxygens (including phenoxy) is 2. The lowest BCUT2D eigenvalue weighted by atomic mass is 10.2. The molecule has 0 radical (unpaired) electrons. The van der Waals surface area contributed by atoms with E-state index in [2.05, 4.69) is 22.5 Å². The smallest absolute Gasteiger partial charge is 0.127 e. The molecule has 4 nitrogen and oxygen atoms in total. The molecule has 0 bridgehead atoms. The largest absolute Gasteiger partial charge is 0.382 e. The number of para-hydroxylation sites is 1. The molecule has 0 amide bonds. The highest BCUT2D eigenvalue weighted by molar-refractivity contribution is 6.20. The van der Waals surface area contributed by atoms with E-state index in [1.807, 2.05) is 19.1 Å². The molecule has 21 heavy (non-hydrogen) atoms. The van der Waals surface area contributed by atoms with Crippen molar-refractivity contribution in [2.24, 2.45) is 0 Å². The van der Waals surface area contributed by atoms with Crippen LogP contribution in [-0.2, 0) is 16.0 Å². The fourth-order valence-electron chi connectivity index (χ4n) is 2.48. The van der Waals surface area contributed by atoms with Crippen LogP contribution >= 0.6 is 11.6 Å². The van der Waals surface area contributed by atoms with Crippen LogP contribution in [-0.4, -0.2) is 36.5 Å².